The minimum Gasteiger partial charge on any atom is -0.406 e. The summed E-state index contributed by atoms with van der Waals surface area (Å²) in [4.78, 5) is 14.0. The molecule has 1 aliphatic rings. The number of benzene rings is 1. The van der Waals surface area contributed by atoms with Gasteiger partial charge in [0.1, 0.15) is 5.75 Å². The molecule has 2 atom stereocenters. The Labute approximate surface area is 138 Å². The van der Waals surface area contributed by atoms with E-state index in [4.69, 9.17) is 0 Å². The van der Waals surface area contributed by atoms with Crippen molar-refractivity contribution in [1.82, 2.24) is 4.90 Å². The molecule has 8 heteroatoms. The van der Waals surface area contributed by atoms with E-state index in [0.29, 0.717) is 12.2 Å². The molecule has 0 aromatic heterocycles. The van der Waals surface area contributed by atoms with Crippen LogP contribution in [0.3, 0.4) is 0 Å². The number of likely N-dealkylation sites (tertiary alicyclic amines) is 1. The predicted molar refractivity (Wildman–Crippen MR) is 82.6 cm³/mol. The van der Waals surface area contributed by atoms with Crippen LogP contribution in [0.2, 0.25) is 0 Å². The van der Waals surface area contributed by atoms with Crippen molar-refractivity contribution in [2.45, 2.75) is 32.2 Å². The lowest BCUT2D eigenvalue weighted by atomic mass is 9.93. The van der Waals surface area contributed by atoms with Crippen molar-refractivity contribution >= 4 is 11.6 Å². The Hall–Kier alpha value is -1.80. The lowest BCUT2D eigenvalue weighted by Gasteiger charge is -2.33. The van der Waals surface area contributed by atoms with Gasteiger partial charge in [0.15, 0.2) is 0 Å². The van der Waals surface area contributed by atoms with Crippen LogP contribution in [-0.2, 0) is 4.79 Å². The molecular weight excluding hydrogens is 325 g/mol. The maximum atomic E-state index is 12.1. The zero-order valence-electron chi connectivity index (χ0n) is 13.3. The molecule has 2 N–H and O–H groups in total. The zero-order chi connectivity index (χ0) is 17.7. The molecule has 0 radical (unpaired) electrons. The van der Waals surface area contributed by atoms with E-state index >= 15 is 0 Å². The number of carbonyl (C=O) groups excluding carboxylic acids is 1. The van der Waals surface area contributed by atoms with Gasteiger partial charge in [0, 0.05) is 12.2 Å². The maximum absolute atomic E-state index is 12.1. The third-order valence-electron chi connectivity index (χ3n) is 3.96. The summed E-state index contributed by atoms with van der Waals surface area (Å²) in [6.07, 6.45) is -3.28. The number of rotatable bonds is 5. The first-order valence-electron chi connectivity index (χ1n) is 7.79. The molecule has 1 fully saturated rings. The van der Waals surface area contributed by atoms with E-state index in [1.165, 1.54) is 12.1 Å². The average Bonchev–Trinajstić information content (AvgIpc) is 2.48. The number of alkyl halides is 3. The maximum Gasteiger partial charge on any atom is 0.573 e. The fourth-order valence-corrected chi connectivity index (χ4v) is 2.77. The van der Waals surface area contributed by atoms with Gasteiger partial charge in [-0.1, -0.05) is 0 Å². The fourth-order valence-electron chi connectivity index (χ4n) is 2.77. The van der Waals surface area contributed by atoms with Crippen molar-refractivity contribution in [3.05, 3.63) is 24.3 Å². The van der Waals surface area contributed by atoms with Gasteiger partial charge >= 0.3 is 6.36 Å². The Morgan fingerprint density at radius 2 is 2.08 bits per heavy atom. The highest BCUT2D eigenvalue weighted by Gasteiger charge is 2.31. The lowest BCUT2D eigenvalue weighted by Crippen LogP contribution is -2.43. The molecule has 2 rings (SSSR count). The van der Waals surface area contributed by atoms with Gasteiger partial charge in [-0.2, -0.15) is 0 Å². The van der Waals surface area contributed by atoms with Crippen LogP contribution in [0.4, 0.5) is 18.9 Å². The van der Waals surface area contributed by atoms with Crippen LogP contribution in [0.25, 0.3) is 0 Å². The molecule has 134 valence electrons. The molecule has 0 bridgehead atoms. The molecule has 1 amide bonds. The highest BCUT2D eigenvalue weighted by molar-refractivity contribution is 5.92. The van der Waals surface area contributed by atoms with Crippen molar-refractivity contribution in [3.63, 3.8) is 0 Å². The van der Waals surface area contributed by atoms with Crippen molar-refractivity contribution < 1.29 is 27.8 Å². The molecule has 1 aromatic carbocycles. The van der Waals surface area contributed by atoms with Gasteiger partial charge in [-0.25, -0.2) is 0 Å². The second-order valence-electron chi connectivity index (χ2n) is 6.00. The van der Waals surface area contributed by atoms with Gasteiger partial charge in [-0.05, 0) is 56.5 Å². The lowest BCUT2D eigenvalue weighted by molar-refractivity contribution is -0.274. The molecule has 2 unspecified atom stereocenters. The second-order valence-corrected chi connectivity index (χ2v) is 6.00. The minimum absolute atomic E-state index is 0.158. The van der Waals surface area contributed by atoms with E-state index in [9.17, 15) is 23.1 Å². The number of nitrogens with one attached hydrogen (secondary N) is 1. The van der Waals surface area contributed by atoms with E-state index in [0.717, 1.165) is 31.5 Å². The summed E-state index contributed by atoms with van der Waals surface area (Å²) < 4.78 is 40.0. The monoisotopic (exact) mass is 346 g/mol. The fraction of sp³-hybridized carbons (Fsp3) is 0.562. The minimum atomic E-state index is -4.74. The Morgan fingerprint density at radius 1 is 1.42 bits per heavy atom. The number of aliphatic hydroxyl groups excluding tert-OH is 1. The van der Waals surface area contributed by atoms with E-state index in [-0.39, 0.29) is 24.1 Å². The number of hydrogen-bond donors (Lipinski definition) is 2. The van der Waals surface area contributed by atoms with Crippen LogP contribution in [0, 0.1) is 5.92 Å². The van der Waals surface area contributed by atoms with Gasteiger partial charge in [-0.3, -0.25) is 9.69 Å². The number of piperidine rings is 1. The van der Waals surface area contributed by atoms with E-state index in [1.54, 1.807) is 6.92 Å². The Balaban J connectivity index is 1.84. The first kappa shape index (κ1) is 18.5. The highest BCUT2D eigenvalue weighted by Crippen LogP contribution is 2.24. The van der Waals surface area contributed by atoms with Crippen molar-refractivity contribution in [1.29, 1.82) is 0 Å². The van der Waals surface area contributed by atoms with Gasteiger partial charge in [-0.15, -0.1) is 13.2 Å². The van der Waals surface area contributed by atoms with Gasteiger partial charge in [0.2, 0.25) is 5.91 Å². The molecular formula is C16H21F3N2O3. The number of aliphatic hydroxyl groups is 1. The number of carbonyl (C=O) groups is 1. The standard InChI is InChI=1S/C16H21F3N2O3/c1-11(22)12-3-2-8-21(9-12)10-15(23)20-13-4-6-14(7-5-13)24-16(17,18)19/h4-7,11-12,22H,2-3,8-10H2,1H3,(H,20,23). The number of nitrogens with zero attached hydrogens (tertiary/aromatic N) is 1. The van der Waals surface area contributed by atoms with Gasteiger partial charge in [0.05, 0.1) is 12.6 Å². The van der Waals surface area contributed by atoms with Crippen LogP contribution in [0.15, 0.2) is 24.3 Å². The van der Waals surface area contributed by atoms with Crippen molar-refractivity contribution in [2.24, 2.45) is 5.92 Å². The van der Waals surface area contributed by atoms with E-state index < -0.39 is 12.5 Å². The third kappa shape index (κ3) is 6.01. The summed E-state index contributed by atoms with van der Waals surface area (Å²) in [7, 11) is 0. The van der Waals surface area contributed by atoms with Crippen molar-refractivity contribution in [2.75, 3.05) is 25.0 Å². The summed E-state index contributed by atoms with van der Waals surface area (Å²) in [6, 6.07) is 5.00. The van der Waals surface area contributed by atoms with Crippen molar-refractivity contribution in [3.8, 4) is 5.75 Å². The first-order chi connectivity index (χ1) is 11.2. The first-order valence-corrected chi connectivity index (χ1v) is 7.79. The quantitative estimate of drug-likeness (QED) is 0.860. The summed E-state index contributed by atoms with van der Waals surface area (Å²) in [6.45, 7) is 3.38. The molecule has 0 saturated carbocycles. The number of ether oxygens (including phenoxy) is 1. The third-order valence-corrected chi connectivity index (χ3v) is 3.96. The smallest absolute Gasteiger partial charge is 0.406 e. The van der Waals surface area contributed by atoms with Crippen LogP contribution < -0.4 is 10.1 Å². The SMILES string of the molecule is CC(O)C1CCCN(CC(=O)Nc2ccc(OC(F)(F)F)cc2)C1. The highest BCUT2D eigenvalue weighted by atomic mass is 19.4. The number of amides is 1. The van der Waals surface area contributed by atoms with Gasteiger partial charge in [0.25, 0.3) is 0 Å². The second kappa shape index (κ2) is 7.85. The zero-order valence-corrected chi connectivity index (χ0v) is 13.3. The molecule has 0 spiro atoms. The Bertz CT molecular complexity index is 546. The molecule has 1 saturated heterocycles. The number of anilines is 1. The molecule has 5 nitrogen and oxygen atoms in total. The number of halogens is 3. The molecule has 24 heavy (non-hydrogen) atoms. The Morgan fingerprint density at radius 3 is 2.67 bits per heavy atom. The molecule has 1 aliphatic heterocycles. The summed E-state index contributed by atoms with van der Waals surface area (Å²) in [5.41, 5.74) is 0.401. The van der Waals surface area contributed by atoms with Crippen LogP contribution in [-0.4, -0.2) is 48.0 Å². The van der Waals surface area contributed by atoms with Gasteiger partial charge < -0.3 is 15.2 Å². The van der Waals surface area contributed by atoms with E-state index in [2.05, 4.69) is 10.1 Å². The summed E-state index contributed by atoms with van der Waals surface area (Å²) in [5.74, 6) is -0.424. The Kier molecular flexibility index (Phi) is 6.06. The predicted octanol–water partition coefficient (Wildman–Crippen LogP) is 2.62. The average molecular weight is 346 g/mol. The molecule has 1 heterocycles. The topological polar surface area (TPSA) is 61.8 Å². The molecule has 0 aliphatic carbocycles. The summed E-state index contributed by atoms with van der Waals surface area (Å²) >= 11 is 0. The normalized spacial score (nSPS) is 20.5. The summed E-state index contributed by atoms with van der Waals surface area (Å²) in [5, 5.41) is 12.3. The molecule has 1 aromatic rings. The largest absolute Gasteiger partial charge is 0.573 e. The van der Waals surface area contributed by atoms with Crippen LogP contribution in [0.5, 0.6) is 5.75 Å². The van der Waals surface area contributed by atoms with E-state index in [1.807, 2.05) is 4.90 Å². The van der Waals surface area contributed by atoms with Crippen LogP contribution in [0.1, 0.15) is 19.8 Å². The van der Waals surface area contributed by atoms with Crippen LogP contribution >= 0.6 is 0 Å². The number of hydrogen-bond acceptors (Lipinski definition) is 4.